The van der Waals surface area contributed by atoms with Crippen molar-refractivity contribution in [2.75, 3.05) is 5.75 Å². The molecular weight excluding hydrogens is 224 g/mol. The van der Waals surface area contributed by atoms with Gasteiger partial charge in [-0.3, -0.25) is 9.89 Å². The van der Waals surface area contributed by atoms with E-state index < -0.39 is 0 Å². The van der Waals surface area contributed by atoms with Gasteiger partial charge in [0.25, 0.3) is 0 Å². The number of carbonyl (C=O) groups is 1. The summed E-state index contributed by atoms with van der Waals surface area (Å²) < 4.78 is 0. The van der Waals surface area contributed by atoms with E-state index in [1.165, 1.54) is 11.8 Å². The lowest BCUT2D eigenvalue weighted by Crippen LogP contribution is -2.13. The first-order chi connectivity index (χ1) is 7.75. The number of amides is 1. The zero-order chi connectivity index (χ0) is 11.4. The third-order valence-corrected chi connectivity index (χ3v) is 2.73. The van der Waals surface area contributed by atoms with Crippen molar-refractivity contribution in [2.24, 2.45) is 5.73 Å². The molecule has 1 amide bonds. The molecule has 5 nitrogen and oxygen atoms in total. The van der Waals surface area contributed by atoms with Gasteiger partial charge in [-0.05, 0) is 0 Å². The van der Waals surface area contributed by atoms with Crippen LogP contribution in [-0.2, 0) is 4.79 Å². The molecule has 82 valence electrons. The summed E-state index contributed by atoms with van der Waals surface area (Å²) in [6, 6.07) is 9.65. The average molecular weight is 234 g/mol. The molecule has 3 N–H and O–H groups in total. The van der Waals surface area contributed by atoms with E-state index in [4.69, 9.17) is 5.73 Å². The number of aromatic nitrogens is 3. The molecule has 16 heavy (non-hydrogen) atoms. The van der Waals surface area contributed by atoms with E-state index in [2.05, 4.69) is 15.2 Å². The second-order valence-corrected chi connectivity index (χ2v) is 4.03. The lowest BCUT2D eigenvalue weighted by molar-refractivity contribution is -0.115. The highest BCUT2D eigenvalue weighted by Gasteiger charge is 2.06. The monoisotopic (exact) mass is 234 g/mol. The fraction of sp³-hybridized carbons (Fsp3) is 0.100. The predicted molar refractivity (Wildman–Crippen MR) is 61.7 cm³/mol. The second kappa shape index (κ2) is 4.80. The van der Waals surface area contributed by atoms with E-state index in [1.807, 2.05) is 30.3 Å². The Hall–Kier alpha value is -1.82. The molecule has 0 unspecified atom stereocenters. The molecule has 0 atom stereocenters. The molecule has 0 spiro atoms. The normalized spacial score (nSPS) is 10.2. The van der Waals surface area contributed by atoms with Crippen molar-refractivity contribution < 1.29 is 4.79 Å². The van der Waals surface area contributed by atoms with Gasteiger partial charge >= 0.3 is 0 Å². The number of hydrogen-bond acceptors (Lipinski definition) is 4. The molecule has 0 aliphatic carbocycles. The van der Waals surface area contributed by atoms with Crippen LogP contribution in [0.4, 0.5) is 0 Å². The Morgan fingerprint density at radius 3 is 2.81 bits per heavy atom. The number of rotatable bonds is 4. The summed E-state index contributed by atoms with van der Waals surface area (Å²) in [5.41, 5.74) is 5.99. The topological polar surface area (TPSA) is 84.7 Å². The van der Waals surface area contributed by atoms with Crippen LogP contribution in [0.5, 0.6) is 0 Å². The number of hydrogen-bond donors (Lipinski definition) is 2. The second-order valence-electron chi connectivity index (χ2n) is 3.09. The molecular formula is C10H10N4OS. The van der Waals surface area contributed by atoms with Gasteiger partial charge in [-0.1, -0.05) is 42.1 Å². The van der Waals surface area contributed by atoms with Crippen LogP contribution in [0.25, 0.3) is 11.4 Å². The van der Waals surface area contributed by atoms with Crippen LogP contribution in [0.3, 0.4) is 0 Å². The zero-order valence-electron chi connectivity index (χ0n) is 8.38. The van der Waals surface area contributed by atoms with Crippen molar-refractivity contribution in [1.29, 1.82) is 0 Å². The number of aromatic amines is 1. The van der Waals surface area contributed by atoms with Crippen molar-refractivity contribution in [2.45, 2.75) is 5.16 Å². The number of primary amides is 1. The Labute approximate surface area is 96.5 Å². The van der Waals surface area contributed by atoms with Crippen LogP contribution in [0.15, 0.2) is 35.5 Å². The number of nitrogens with zero attached hydrogens (tertiary/aromatic N) is 2. The van der Waals surface area contributed by atoms with Gasteiger partial charge in [0.2, 0.25) is 11.1 Å². The van der Waals surface area contributed by atoms with Crippen LogP contribution in [0.2, 0.25) is 0 Å². The third-order valence-electron chi connectivity index (χ3n) is 1.86. The van der Waals surface area contributed by atoms with E-state index >= 15 is 0 Å². The minimum absolute atomic E-state index is 0.187. The highest BCUT2D eigenvalue weighted by atomic mass is 32.2. The molecule has 2 aromatic rings. The molecule has 0 saturated heterocycles. The smallest absolute Gasteiger partial charge is 0.227 e. The summed E-state index contributed by atoms with van der Waals surface area (Å²) in [4.78, 5) is 14.8. The van der Waals surface area contributed by atoms with Crippen molar-refractivity contribution >= 4 is 17.7 Å². The summed E-state index contributed by atoms with van der Waals surface area (Å²) in [5.74, 6) is 0.496. The van der Waals surface area contributed by atoms with Crippen molar-refractivity contribution in [3.63, 3.8) is 0 Å². The molecule has 1 aromatic heterocycles. The van der Waals surface area contributed by atoms with Crippen LogP contribution < -0.4 is 5.73 Å². The SMILES string of the molecule is NC(=O)CSc1n[nH]c(-c2ccccc2)n1. The van der Waals surface area contributed by atoms with Gasteiger partial charge in [0.15, 0.2) is 5.82 Å². The van der Waals surface area contributed by atoms with Crippen LogP contribution in [0, 0.1) is 0 Å². The van der Waals surface area contributed by atoms with Crippen LogP contribution in [0.1, 0.15) is 0 Å². The van der Waals surface area contributed by atoms with Crippen molar-refractivity contribution in [3.05, 3.63) is 30.3 Å². The molecule has 2 rings (SSSR count). The van der Waals surface area contributed by atoms with Crippen LogP contribution >= 0.6 is 11.8 Å². The number of nitrogens with two attached hydrogens (primary N) is 1. The Morgan fingerprint density at radius 2 is 2.12 bits per heavy atom. The standard InChI is InChI=1S/C10H10N4OS/c11-8(15)6-16-10-12-9(13-14-10)7-4-2-1-3-5-7/h1-5H,6H2,(H2,11,15)(H,12,13,14). The number of thioether (sulfide) groups is 1. The quantitative estimate of drug-likeness (QED) is 0.774. The Balaban J connectivity index is 2.11. The van der Waals surface area contributed by atoms with E-state index in [0.717, 1.165) is 5.56 Å². The fourth-order valence-electron chi connectivity index (χ4n) is 1.17. The first-order valence-electron chi connectivity index (χ1n) is 4.64. The minimum Gasteiger partial charge on any atom is -0.369 e. The van der Waals surface area contributed by atoms with Gasteiger partial charge in [-0.2, -0.15) is 0 Å². The average Bonchev–Trinajstić information content (AvgIpc) is 2.76. The third kappa shape index (κ3) is 2.60. The Bertz CT molecular complexity index is 483. The highest BCUT2D eigenvalue weighted by Crippen LogP contribution is 2.18. The summed E-state index contributed by atoms with van der Waals surface area (Å²) in [5, 5.41) is 7.32. The first kappa shape index (κ1) is 10.7. The molecule has 0 fully saturated rings. The number of nitrogens with one attached hydrogen (secondary N) is 1. The molecule has 0 aliphatic heterocycles. The molecule has 0 saturated carbocycles. The van der Waals surface area contributed by atoms with Gasteiger partial charge in [0.1, 0.15) is 0 Å². The maximum atomic E-state index is 10.6. The summed E-state index contributed by atoms with van der Waals surface area (Å²) >= 11 is 1.22. The lowest BCUT2D eigenvalue weighted by atomic mass is 10.2. The van der Waals surface area contributed by atoms with Gasteiger partial charge in [-0.25, -0.2) is 4.98 Å². The van der Waals surface area contributed by atoms with Crippen molar-refractivity contribution in [3.8, 4) is 11.4 Å². The van der Waals surface area contributed by atoms with E-state index in [1.54, 1.807) is 0 Å². The van der Waals surface area contributed by atoms with E-state index in [-0.39, 0.29) is 11.7 Å². The van der Waals surface area contributed by atoms with Gasteiger partial charge < -0.3 is 5.73 Å². The molecule has 1 aromatic carbocycles. The number of H-pyrrole nitrogens is 1. The van der Waals surface area contributed by atoms with Gasteiger partial charge in [0, 0.05) is 5.56 Å². The first-order valence-corrected chi connectivity index (χ1v) is 5.63. The molecule has 0 bridgehead atoms. The summed E-state index contributed by atoms with van der Waals surface area (Å²) in [6.07, 6.45) is 0. The number of carbonyl (C=O) groups excluding carboxylic acids is 1. The minimum atomic E-state index is -0.379. The Morgan fingerprint density at radius 1 is 1.38 bits per heavy atom. The van der Waals surface area contributed by atoms with Crippen molar-refractivity contribution in [1.82, 2.24) is 15.2 Å². The lowest BCUT2D eigenvalue weighted by Gasteiger charge is -1.92. The molecule has 6 heteroatoms. The predicted octanol–water partition coefficient (Wildman–Crippen LogP) is 1.05. The molecule has 1 heterocycles. The van der Waals surface area contributed by atoms with Gasteiger partial charge in [-0.15, -0.1) is 5.10 Å². The maximum Gasteiger partial charge on any atom is 0.227 e. The number of benzene rings is 1. The Kier molecular flexibility index (Phi) is 3.21. The van der Waals surface area contributed by atoms with E-state index in [0.29, 0.717) is 11.0 Å². The molecule has 0 aliphatic rings. The summed E-state index contributed by atoms with van der Waals surface area (Å²) in [6.45, 7) is 0. The van der Waals surface area contributed by atoms with E-state index in [9.17, 15) is 4.79 Å². The zero-order valence-corrected chi connectivity index (χ0v) is 9.20. The molecule has 0 radical (unpaired) electrons. The summed E-state index contributed by atoms with van der Waals surface area (Å²) in [7, 11) is 0. The van der Waals surface area contributed by atoms with Gasteiger partial charge in [0.05, 0.1) is 5.75 Å². The highest BCUT2D eigenvalue weighted by molar-refractivity contribution is 7.99. The fourth-order valence-corrected chi connectivity index (χ4v) is 1.71. The van der Waals surface area contributed by atoms with Crippen LogP contribution in [-0.4, -0.2) is 26.8 Å². The maximum absolute atomic E-state index is 10.6. The largest absolute Gasteiger partial charge is 0.369 e.